The van der Waals surface area contributed by atoms with E-state index < -0.39 is 0 Å². The third kappa shape index (κ3) is 7.93. The lowest BCUT2D eigenvalue weighted by Crippen LogP contribution is -1.92. The Bertz CT molecular complexity index is 1700. The van der Waals surface area contributed by atoms with Crippen molar-refractivity contribution in [1.29, 1.82) is 0 Å². The highest BCUT2D eigenvalue weighted by Crippen LogP contribution is 2.45. The number of hydrogen-bond acceptors (Lipinski definition) is 8. The molecule has 4 aromatic rings. The van der Waals surface area contributed by atoms with Gasteiger partial charge in [0.1, 0.15) is 46.0 Å². The molecule has 4 rings (SSSR count). The molecule has 0 unspecified atom stereocenters. The molecule has 0 aromatic heterocycles. The van der Waals surface area contributed by atoms with Gasteiger partial charge in [-0.25, -0.2) is 0 Å². The molecule has 0 bridgehead atoms. The minimum Gasteiger partial charge on any atom is -0.508 e. The summed E-state index contributed by atoms with van der Waals surface area (Å²) in [4.78, 5) is 0. The Morgan fingerprint density at radius 2 is 0.977 bits per heavy atom. The van der Waals surface area contributed by atoms with E-state index in [1.165, 1.54) is 54.6 Å². The summed E-state index contributed by atoms with van der Waals surface area (Å²) in [5.41, 5.74) is 1.65. The van der Waals surface area contributed by atoms with Crippen LogP contribution in [-0.2, 0) is 25.7 Å². The van der Waals surface area contributed by atoms with Crippen LogP contribution in [0.1, 0.15) is 22.3 Å². The Balaban J connectivity index is 1.49. The number of aromatic hydroxyl groups is 8. The first-order valence-electron chi connectivity index (χ1n) is 12.8. The normalized spacial score (nSPS) is 12.1. The zero-order valence-electron chi connectivity index (χ0n) is 22.4. The Morgan fingerprint density at radius 3 is 1.51 bits per heavy atom. The molecule has 0 fully saturated rings. The Labute approximate surface area is 261 Å². The van der Waals surface area contributed by atoms with Crippen LogP contribution in [0.15, 0.2) is 76.8 Å². The molecular formula is C32H27Cl3O8. The van der Waals surface area contributed by atoms with Crippen LogP contribution in [0.3, 0.4) is 0 Å². The summed E-state index contributed by atoms with van der Waals surface area (Å²) in [6, 6.07) is 11.9. The van der Waals surface area contributed by atoms with E-state index in [1.807, 2.05) is 0 Å². The minimum absolute atomic E-state index is 0.00669. The number of rotatable bonds is 9. The molecule has 0 aliphatic carbocycles. The molecule has 0 heterocycles. The zero-order valence-corrected chi connectivity index (χ0v) is 24.7. The van der Waals surface area contributed by atoms with Gasteiger partial charge in [-0.2, -0.15) is 0 Å². The summed E-state index contributed by atoms with van der Waals surface area (Å²) in [5, 5.41) is 82.6. The van der Waals surface area contributed by atoms with Gasteiger partial charge in [-0.3, -0.25) is 0 Å². The van der Waals surface area contributed by atoms with Crippen molar-refractivity contribution in [2.45, 2.75) is 25.7 Å². The Kier molecular flexibility index (Phi) is 9.76. The minimum atomic E-state index is -0.362. The number of phenolic OH excluding ortho intramolecular Hbond substituents is 8. The van der Waals surface area contributed by atoms with Crippen molar-refractivity contribution in [2.75, 3.05) is 0 Å². The van der Waals surface area contributed by atoms with E-state index in [-0.39, 0.29) is 87.8 Å². The van der Waals surface area contributed by atoms with E-state index in [9.17, 15) is 40.9 Å². The van der Waals surface area contributed by atoms with E-state index in [2.05, 4.69) is 0 Å². The van der Waals surface area contributed by atoms with Gasteiger partial charge in [-0.1, -0.05) is 47.0 Å². The number of halogens is 3. The fourth-order valence-electron chi connectivity index (χ4n) is 4.52. The van der Waals surface area contributed by atoms with Crippen LogP contribution >= 0.6 is 34.8 Å². The van der Waals surface area contributed by atoms with Crippen LogP contribution in [0.5, 0.6) is 46.0 Å². The van der Waals surface area contributed by atoms with Crippen molar-refractivity contribution in [3.05, 3.63) is 104 Å². The van der Waals surface area contributed by atoms with Crippen molar-refractivity contribution >= 4 is 34.8 Å². The SMILES string of the molecule is Oc1cc(O)cc(C/C(Cl)=C\Cc2cc(O)c(-c3c(O)cc(C/C(Cl)=C\Cc4cc(O)c(Cl)cc4O)cc3O)cc2O)c1. The van der Waals surface area contributed by atoms with Gasteiger partial charge in [-0.05, 0) is 66.4 Å². The first-order valence-corrected chi connectivity index (χ1v) is 14.0. The monoisotopic (exact) mass is 644 g/mol. The summed E-state index contributed by atoms with van der Waals surface area (Å²) >= 11 is 18.4. The molecule has 224 valence electrons. The van der Waals surface area contributed by atoms with Crippen molar-refractivity contribution < 1.29 is 40.9 Å². The maximum Gasteiger partial charge on any atom is 0.134 e. The third-order valence-electron chi connectivity index (χ3n) is 6.57. The number of allylic oxidation sites excluding steroid dienone is 4. The van der Waals surface area contributed by atoms with E-state index in [0.717, 1.165) is 0 Å². The average Bonchev–Trinajstić information content (AvgIpc) is 2.90. The molecule has 0 amide bonds. The standard InChI is InChI=1S/C32H27Cl3O8/c33-20(5-16-7-22(36)13-23(37)8-16)3-1-18-11-28(40)24(14-26(18)38)32-30(42)9-17(10-31(32)43)6-21(34)4-2-19-12-29(41)25(35)15-27(19)39/h3-4,7-15,36-43H,1-2,5-6H2/b20-3+,21-4+. The van der Waals surface area contributed by atoms with Gasteiger partial charge in [0, 0.05) is 51.7 Å². The molecule has 0 aliphatic rings. The lowest BCUT2D eigenvalue weighted by Gasteiger charge is -2.14. The van der Waals surface area contributed by atoms with Gasteiger partial charge in [-0.15, -0.1) is 0 Å². The van der Waals surface area contributed by atoms with E-state index >= 15 is 0 Å². The summed E-state index contributed by atoms with van der Waals surface area (Å²) in [6.45, 7) is 0. The molecular weight excluding hydrogens is 619 g/mol. The van der Waals surface area contributed by atoms with Crippen molar-refractivity contribution in [2.24, 2.45) is 0 Å². The molecule has 43 heavy (non-hydrogen) atoms. The molecule has 0 atom stereocenters. The summed E-state index contributed by atoms with van der Waals surface area (Å²) in [7, 11) is 0. The molecule has 0 radical (unpaired) electrons. The second kappa shape index (κ2) is 13.3. The highest BCUT2D eigenvalue weighted by atomic mass is 35.5. The van der Waals surface area contributed by atoms with Gasteiger partial charge in [0.15, 0.2) is 0 Å². The summed E-state index contributed by atoms with van der Waals surface area (Å²) < 4.78 is 0. The lowest BCUT2D eigenvalue weighted by molar-refractivity contribution is 0.445. The topological polar surface area (TPSA) is 162 Å². The van der Waals surface area contributed by atoms with Gasteiger partial charge < -0.3 is 40.9 Å². The number of benzene rings is 4. The average molecular weight is 646 g/mol. The van der Waals surface area contributed by atoms with E-state index in [1.54, 1.807) is 12.2 Å². The predicted molar refractivity (Wildman–Crippen MR) is 166 cm³/mol. The molecule has 0 saturated heterocycles. The molecule has 0 saturated carbocycles. The molecule has 0 aliphatic heterocycles. The first-order chi connectivity index (χ1) is 20.3. The van der Waals surface area contributed by atoms with Crippen LogP contribution in [-0.4, -0.2) is 40.9 Å². The second-order valence-corrected chi connectivity index (χ2v) is 11.2. The van der Waals surface area contributed by atoms with Crippen LogP contribution in [0, 0.1) is 0 Å². The van der Waals surface area contributed by atoms with Crippen molar-refractivity contribution in [3.8, 4) is 57.1 Å². The highest BCUT2D eigenvalue weighted by Gasteiger charge is 2.19. The molecule has 8 N–H and O–H groups in total. The Morgan fingerprint density at radius 1 is 0.512 bits per heavy atom. The predicted octanol–water partition coefficient (Wildman–Crippen LogP) is 7.47. The summed E-state index contributed by atoms with van der Waals surface area (Å²) in [6.07, 6.45) is 3.87. The fourth-order valence-corrected chi connectivity index (χ4v) is 5.14. The Hall–Kier alpha value is -4.37. The van der Waals surface area contributed by atoms with Crippen LogP contribution in [0.2, 0.25) is 5.02 Å². The van der Waals surface area contributed by atoms with Crippen LogP contribution < -0.4 is 0 Å². The third-order valence-corrected chi connectivity index (χ3v) is 7.44. The summed E-state index contributed by atoms with van der Waals surface area (Å²) in [5.74, 6) is -1.74. The quantitative estimate of drug-likeness (QED) is 0.0870. The maximum atomic E-state index is 10.7. The molecule has 8 nitrogen and oxygen atoms in total. The largest absolute Gasteiger partial charge is 0.508 e. The van der Waals surface area contributed by atoms with Gasteiger partial charge in [0.25, 0.3) is 0 Å². The molecule has 0 spiro atoms. The van der Waals surface area contributed by atoms with Gasteiger partial charge in [0.05, 0.1) is 10.6 Å². The first kappa shape index (κ1) is 31.6. The maximum absolute atomic E-state index is 10.7. The van der Waals surface area contributed by atoms with E-state index in [0.29, 0.717) is 32.3 Å². The molecule has 4 aromatic carbocycles. The molecule has 11 heteroatoms. The highest BCUT2D eigenvalue weighted by molar-refractivity contribution is 6.32. The second-order valence-electron chi connectivity index (χ2n) is 9.86. The van der Waals surface area contributed by atoms with Gasteiger partial charge in [0.2, 0.25) is 0 Å². The van der Waals surface area contributed by atoms with E-state index in [4.69, 9.17) is 34.8 Å². The van der Waals surface area contributed by atoms with Crippen LogP contribution in [0.25, 0.3) is 11.1 Å². The van der Waals surface area contributed by atoms with Crippen LogP contribution in [0.4, 0.5) is 0 Å². The number of hydrogen-bond donors (Lipinski definition) is 8. The zero-order chi connectivity index (χ0) is 31.4. The smallest absolute Gasteiger partial charge is 0.134 e. The van der Waals surface area contributed by atoms with Crippen molar-refractivity contribution in [3.63, 3.8) is 0 Å². The van der Waals surface area contributed by atoms with Gasteiger partial charge >= 0.3 is 0 Å². The number of phenols is 8. The lowest BCUT2D eigenvalue weighted by atomic mass is 9.96. The van der Waals surface area contributed by atoms with Crippen molar-refractivity contribution in [1.82, 2.24) is 0 Å². The fraction of sp³-hybridized carbons (Fsp3) is 0.125.